The number of carbonyl (C=O) groups is 1. The topological polar surface area (TPSA) is 60.9 Å². The SMILES string of the molecule is CCn1c(-c2ccc(Br)cc2)cnc1SCCC(N)=O. The molecule has 106 valence electrons. The predicted octanol–water partition coefficient (Wildman–Crippen LogP) is 3.30. The number of nitrogens with two attached hydrogens (primary N) is 1. The first kappa shape index (κ1) is 15.1. The fourth-order valence-electron chi connectivity index (χ4n) is 1.87. The van der Waals surface area contributed by atoms with Gasteiger partial charge in [0, 0.05) is 23.2 Å². The van der Waals surface area contributed by atoms with Crippen LogP contribution in [-0.4, -0.2) is 21.2 Å². The molecule has 2 aromatic rings. The van der Waals surface area contributed by atoms with E-state index < -0.39 is 0 Å². The number of imidazole rings is 1. The molecule has 20 heavy (non-hydrogen) atoms. The maximum absolute atomic E-state index is 10.8. The van der Waals surface area contributed by atoms with Crippen LogP contribution in [0.2, 0.25) is 0 Å². The Morgan fingerprint density at radius 2 is 2.10 bits per heavy atom. The molecule has 0 fully saturated rings. The largest absolute Gasteiger partial charge is 0.370 e. The Balaban J connectivity index is 2.20. The Bertz CT molecular complexity index is 595. The van der Waals surface area contributed by atoms with Gasteiger partial charge in [0.15, 0.2) is 5.16 Å². The monoisotopic (exact) mass is 353 g/mol. The number of carbonyl (C=O) groups excluding carboxylic acids is 1. The van der Waals surface area contributed by atoms with Crippen LogP contribution in [0.4, 0.5) is 0 Å². The number of nitrogens with zero attached hydrogens (tertiary/aromatic N) is 2. The second-order valence-corrected chi connectivity index (χ2v) is 6.22. The molecule has 1 aromatic heterocycles. The van der Waals surface area contributed by atoms with Crippen molar-refractivity contribution in [2.45, 2.75) is 25.0 Å². The van der Waals surface area contributed by atoms with Crippen LogP contribution in [0.5, 0.6) is 0 Å². The van der Waals surface area contributed by atoms with E-state index in [1.807, 2.05) is 18.3 Å². The van der Waals surface area contributed by atoms with Gasteiger partial charge < -0.3 is 10.3 Å². The van der Waals surface area contributed by atoms with Crippen LogP contribution in [0.25, 0.3) is 11.3 Å². The van der Waals surface area contributed by atoms with E-state index in [-0.39, 0.29) is 5.91 Å². The summed E-state index contributed by atoms with van der Waals surface area (Å²) in [5.74, 6) is 0.381. The van der Waals surface area contributed by atoms with Crippen molar-refractivity contribution in [3.8, 4) is 11.3 Å². The van der Waals surface area contributed by atoms with E-state index in [1.165, 1.54) is 0 Å². The first-order valence-corrected chi connectivity index (χ1v) is 8.12. The summed E-state index contributed by atoms with van der Waals surface area (Å²) < 4.78 is 3.20. The molecular weight excluding hydrogens is 338 g/mol. The van der Waals surface area contributed by atoms with Gasteiger partial charge in [0.25, 0.3) is 0 Å². The Morgan fingerprint density at radius 1 is 1.40 bits per heavy atom. The van der Waals surface area contributed by atoms with Crippen molar-refractivity contribution in [3.63, 3.8) is 0 Å². The van der Waals surface area contributed by atoms with Gasteiger partial charge in [0.2, 0.25) is 5.91 Å². The normalized spacial score (nSPS) is 10.7. The molecule has 0 aliphatic rings. The fraction of sp³-hybridized carbons (Fsp3) is 0.286. The summed E-state index contributed by atoms with van der Waals surface area (Å²) >= 11 is 5.00. The molecule has 4 nitrogen and oxygen atoms in total. The second kappa shape index (κ2) is 6.95. The van der Waals surface area contributed by atoms with E-state index in [2.05, 4.69) is 44.5 Å². The van der Waals surface area contributed by atoms with E-state index in [1.54, 1.807) is 11.8 Å². The number of aromatic nitrogens is 2. The van der Waals surface area contributed by atoms with Crippen molar-refractivity contribution in [2.24, 2.45) is 5.73 Å². The highest BCUT2D eigenvalue weighted by Crippen LogP contribution is 2.27. The number of halogens is 1. The minimum Gasteiger partial charge on any atom is -0.370 e. The van der Waals surface area contributed by atoms with Gasteiger partial charge in [-0.05, 0) is 24.6 Å². The van der Waals surface area contributed by atoms with Crippen molar-refractivity contribution in [1.29, 1.82) is 0 Å². The van der Waals surface area contributed by atoms with Gasteiger partial charge in [-0.25, -0.2) is 4.98 Å². The molecule has 0 spiro atoms. The molecule has 1 amide bonds. The second-order valence-electron chi connectivity index (χ2n) is 4.24. The lowest BCUT2D eigenvalue weighted by Crippen LogP contribution is -2.11. The summed E-state index contributed by atoms with van der Waals surface area (Å²) in [4.78, 5) is 15.2. The molecule has 1 heterocycles. The van der Waals surface area contributed by atoms with E-state index >= 15 is 0 Å². The lowest BCUT2D eigenvalue weighted by molar-refractivity contribution is -0.117. The van der Waals surface area contributed by atoms with Crippen LogP contribution >= 0.6 is 27.7 Å². The first-order chi connectivity index (χ1) is 9.61. The van der Waals surface area contributed by atoms with Crippen LogP contribution < -0.4 is 5.73 Å². The predicted molar refractivity (Wildman–Crippen MR) is 85.6 cm³/mol. The first-order valence-electron chi connectivity index (χ1n) is 6.34. The molecule has 1 aromatic carbocycles. The third-order valence-corrected chi connectivity index (χ3v) is 4.38. The lowest BCUT2D eigenvalue weighted by atomic mass is 10.2. The number of hydrogen-bond acceptors (Lipinski definition) is 3. The summed E-state index contributed by atoms with van der Waals surface area (Å²) in [6.07, 6.45) is 2.24. The van der Waals surface area contributed by atoms with Gasteiger partial charge in [-0.15, -0.1) is 0 Å². The highest BCUT2D eigenvalue weighted by atomic mass is 79.9. The molecule has 0 aliphatic carbocycles. The van der Waals surface area contributed by atoms with Crippen LogP contribution in [0.3, 0.4) is 0 Å². The molecule has 0 aliphatic heterocycles. The van der Waals surface area contributed by atoms with Gasteiger partial charge in [0.1, 0.15) is 0 Å². The quantitative estimate of drug-likeness (QED) is 0.810. The highest BCUT2D eigenvalue weighted by molar-refractivity contribution is 9.10. The van der Waals surface area contributed by atoms with Crippen molar-refractivity contribution < 1.29 is 4.79 Å². The number of primary amides is 1. The molecule has 2 N–H and O–H groups in total. The van der Waals surface area contributed by atoms with Gasteiger partial charge in [-0.3, -0.25) is 4.79 Å². The summed E-state index contributed by atoms with van der Waals surface area (Å²) in [6, 6.07) is 8.15. The van der Waals surface area contributed by atoms with E-state index in [4.69, 9.17) is 5.73 Å². The summed E-state index contributed by atoms with van der Waals surface area (Å²) in [5.41, 5.74) is 7.37. The van der Waals surface area contributed by atoms with Crippen molar-refractivity contribution in [3.05, 3.63) is 34.9 Å². The minimum absolute atomic E-state index is 0.278. The highest BCUT2D eigenvalue weighted by Gasteiger charge is 2.11. The molecule has 0 saturated carbocycles. The molecule has 2 rings (SSSR count). The number of thioether (sulfide) groups is 1. The van der Waals surface area contributed by atoms with Crippen LogP contribution in [0.1, 0.15) is 13.3 Å². The standard InChI is InChI=1S/C14H16BrN3OS/c1-2-18-12(10-3-5-11(15)6-4-10)9-17-14(18)20-8-7-13(16)19/h3-6,9H,2,7-8H2,1H3,(H2,16,19). The Hall–Kier alpha value is -1.27. The molecule has 0 bridgehead atoms. The number of benzene rings is 1. The zero-order valence-electron chi connectivity index (χ0n) is 11.2. The van der Waals surface area contributed by atoms with Gasteiger partial charge >= 0.3 is 0 Å². The molecule has 0 radical (unpaired) electrons. The van der Waals surface area contributed by atoms with E-state index in [0.29, 0.717) is 12.2 Å². The maximum atomic E-state index is 10.8. The van der Waals surface area contributed by atoms with E-state index in [9.17, 15) is 4.79 Å². The Morgan fingerprint density at radius 3 is 2.70 bits per heavy atom. The fourth-order valence-corrected chi connectivity index (χ4v) is 3.13. The molecule has 0 atom stereocenters. The van der Waals surface area contributed by atoms with Gasteiger partial charge in [-0.1, -0.05) is 39.8 Å². The van der Waals surface area contributed by atoms with E-state index in [0.717, 1.165) is 27.4 Å². The zero-order valence-corrected chi connectivity index (χ0v) is 13.6. The third kappa shape index (κ3) is 3.64. The molecule has 0 unspecified atom stereocenters. The summed E-state index contributed by atoms with van der Waals surface area (Å²) in [7, 11) is 0. The van der Waals surface area contributed by atoms with Crippen LogP contribution in [0.15, 0.2) is 40.1 Å². The zero-order chi connectivity index (χ0) is 14.5. The van der Waals surface area contributed by atoms with Crippen molar-refractivity contribution in [2.75, 3.05) is 5.75 Å². The minimum atomic E-state index is -0.278. The Labute approximate surface area is 130 Å². The van der Waals surface area contributed by atoms with Crippen LogP contribution in [-0.2, 0) is 11.3 Å². The lowest BCUT2D eigenvalue weighted by Gasteiger charge is -2.09. The van der Waals surface area contributed by atoms with Gasteiger partial charge in [-0.2, -0.15) is 0 Å². The summed E-state index contributed by atoms with van der Waals surface area (Å²) in [6.45, 7) is 2.92. The molecular formula is C14H16BrN3OS. The Kier molecular flexibility index (Phi) is 5.25. The molecule has 6 heteroatoms. The average molecular weight is 354 g/mol. The average Bonchev–Trinajstić information content (AvgIpc) is 2.82. The maximum Gasteiger partial charge on any atom is 0.218 e. The van der Waals surface area contributed by atoms with Crippen molar-refractivity contribution >= 4 is 33.6 Å². The molecule has 0 saturated heterocycles. The number of amides is 1. The van der Waals surface area contributed by atoms with Crippen molar-refractivity contribution in [1.82, 2.24) is 9.55 Å². The number of rotatable bonds is 6. The smallest absolute Gasteiger partial charge is 0.218 e. The van der Waals surface area contributed by atoms with Crippen LogP contribution in [0, 0.1) is 0 Å². The van der Waals surface area contributed by atoms with Gasteiger partial charge in [0.05, 0.1) is 11.9 Å². The third-order valence-electron chi connectivity index (χ3n) is 2.85. The number of hydrogen-bond donors (Lipinski definition) is 1. The summed E-state index contributed by atoms with van der Waals surface area (Å²) in [5, 5.41) is 0.923.